The third kappa shape index (κ3) is 5.38. The first kappa shape index (κ1) is 22.7. The number of hydrogen-bond donors (Lipinski definition) is 1. The van der Waals surface area contributed by atoms with Crippen LogP contribution in [0.3, 0.4) is 0 Å². The molecule has 0 spiro atoms. The van der Waals surface area contributed by atoms with E-state index < -0.39 is 16.0 Å². The van der Waals surface area contributed by atoms with Crippen LogP contribution in [0.4, 0.5) is 0 Å². The summed E-state index contributed by atoms with van der Waals surface area (Å²) in [6.07, 6.45) is 2.03. The van der Waals surface area contributed by atoms with Crippen molar-refractivity contribution in [2.45, 2.75) is 44.4 Å². The number of ether oxygens (including phenoxy) is 1. The Balaban J connectivity index is 1.50. The molecular weight excluding hydrogens is 416 g/mol. The van der Waals surface area contributed by atoms with Crippen LogP contribution >= 0.6 is 0 Å². The fourth-order valence-electron chi connectivity index (χ4n) is 3.37. The second kappa shape index (κ2) is 9.87. The summed E-state index contributed by atoms with van der Waals surface area (Å²) < 4.78 is 31.7. The number of carbonyl (C=O) groups excluding carboxylic acids is 2. The second-order valence-electron chi connectivity index (χ2n) is 7.22. The van der Waals surface area contributed by atoms with E-state index in [1.54, 1.807) is 18.2 Å². The zero-order chi connectivity index (χ0) is 22.4. The molecule has 0 aromatic heterocycles. The van der Waals surface area contributed by atoms with Gasteiger partial charge in [0.05, 0.1) is 4.90 Å². The summed E-state index contributed by atoms with van der Waals surface area (Å²) in [5.41, 5.74) is 3.13. The lowest BCUT2D eigenvalue weighted by molar-refractivity contribution is -0.142. The largest absolute Gasteiger partial charge is 0.457 e. The maximum absolute atomic E-state index is 12.5. The summed E-state index contributed by atoms with van der Waals surface area (Å²) in [5.74, 6) is -0.412. The molecule has 0 amide bonds. The van der Waals surface area contributed by atoms with E-state index in [9.17, 15) is 18.0 Å². The monoisotopic (exact) mass is 442 g/mol. The fraction of sp³-hybridized carbons (Fsp3) is 0.348. The van der Waals surface area contributed by atoms with Crippen LogP contribution in [0.2, 0.25) is 0 Å². The molecule has 3 rings (SSSR count). The Morgan fingerprint density at radius 2 is 1.84 bits per heavy atom. The van der Waals surface area contributed by atoms with Gasteiger partial charge in [-0.3, -0.25) is 19.3 Å². The van der Waals surface area contributed by atoms with Crippen molar-refractivity contribution in [3.63, 3.8) is 0 Å². The van der Waals surface area contributed by atoms with E-state index in [2.05, 4.69) is 9.71 Å². The lowest BCUT2D eigenvalue weighted by atomic mass is 9.98. The first-order chi connectivity index (χ1) is 14.9. The Morgan fingerprint density at radius 1 is 1.06 bits per heavy atom. The van der Waals surface area contributed by atoms with Crippen molar-refractivity contribution in [3.05, 3.63) is 64.7 Å². The zero-order valence-corrected chi connectivity index (χ0v) is 18.5. The summed E-state index contributed by atoms with van der Waals surface area (Å²) in [6.45, 7) is 3.97. The van der Waals surface area contributed by atoms with Gasteiger partial charge in [0, 0.05) is 24.1 Å². The average Bonchev–Trinajstić information content (AvgIpc) is 3.04. The third-order valence-corrected chi connectivity index (χ3v) is 6.50. The van der Waals surface area contributed by atoms with Gasteiger partial charge in [0.25, 0.3) is 10.0 Å². The summed E-state index contributed by atoms with van der Waals surface area (Å²) in [7, 11) is -3.57. The summed E-state index contributed by atoms with van der Waals surface area (Å²) in [6, 6.07) is 12.4. The van der Waals surface area contributed by atoms with Gasteiger partial charge in [0.2, 0.25) is 5.78 Å². The Hall–Kier alpha value is -3.00. The summed E-state index contributed by atoms with van der Waals surface area (Å²) in [4.78, 5) is 29.0. The number of Topliss-reactive ketones (excluding diaryl/α,β-unsaturated/α-hetero) is 1. The van der Waals surface area contributed by atoms with Crippen LogP contribution in [0.15, 0.2) is 52.4 Å². The molecule has 31 heavy (non-hydrogen) atoms. The Labute approximate surface area is 182 Å². The van der Waals surface area contributed by atoms with Crippen molar-refractivity contribution in [2.75, 3.05) is 13.2 Å². The number of fused-ring (bicyclic) bond motifs is 1. The highest BCUT2D eigenvalue weighted by atomic mass is 32.2. The first-order valence-electron chi connectivity index (χ1n) is 10.3. The van der Waals surface area contributed by atoms with Crippen LogP contribution in [-0.2, 0) is 32.4 Å². The van der Waals surface area contributed by atoms with Crippen molar-refractivity contribution in [1.29, 1.82) is 0 Å². The minimum absolute atomic E-state index is 0.0914. The Morgan fingerprint density at radius 3 is 2.58 bits per heavy atom. The third-order valence-electron chi connectivity index (χ3n) is 5.10. The predicted octanol–water partition coefficient (Wildman–Crippen LogP) is 3.06. The molecule has 0 bridgehead atoms. The highest BCUT2D eigenvalue weighted by Crippen LogP contribution is 2.22. The van der Waals surface area contributed by atoms with E-state index in [1.807, 2.05) is 32.0 Å². The zero-order valence-electron chi connectivity index (χ0n) is 17.7. The van der Waals surface area contributed by atoms with Gasteiger partial charge < -0.3 is 4.74 Å². The number of ketones is 1. The molecule has 1 heterocycles. The normalized spacial score (nSPS) is 15.4. The van der Waals surface area contributed by atoms with Crippen molar-refractivity contribution < 1.29 is 22.7 Å². The Bertz CT molecular complexity index is 1120. The van der Waals surface area contributed by atoms with Crippen molar-refractivity contribution >= 4 is 27.6 Å². The molecule has 0 saturated heterocycles. The molecule has 1 aliphatic heterocycles. The number of amidine groups is 1. The number of hydrogen-bond acceptors (Lipinski definition) is 6. The molecular formula is C23H26N2O5S. The molecule has 0 atom stereocenters. The van der Waals surface area contributed by atoms with Crippen LogP contribution in [0.5, 0.6) is 0 Å². The molecule has 8 heteroatoms. The molecule has 164 valence electrons. The predicted molar refractivity (Wildman–Crippen MR) is 118 cm³/mol. The van der Waals surface area contributed by atoms with Gasteiger partial charge in [-0.2, -0.15) is 0 Å². The van der Waals surface area contributed by atoms with Crippen LogP contribution in [0.1, 0.15) is 53.7 Å². The number of nitrogens with zero attached hydrogens (tertiary/aromatic N) is 1. The number of sulfonamides is 1. The number of nitrogens with one attached hydrogen (secondary N) is 1. The minimum Gasteiger partial charge on any atom is -0.457 e. The lowest BCUT2D eigenvalue weighted by Gasteiger charge is -2.10. The molecule has 1 N–H and O–H groups in total. The number of rotatable bonds is 9. The summed E-state index contributed by atoms with van der Waals surface area (Å²) in [5, 5.41) is 0. The fourth-order valence-corrected chi connectivity index (χ4v) is 4.62. The number of carbonyl (C=O) groups is 2. The smallest absolute Gasteiger partial charge is 0.306 e. The molecule has 7 nitrogen and oxygen atoms in total. The highest BCUT2D eigenvalue weighted by Gasteiger charge is 2.29. The highest BCUT2D eigenvalue weighted by molar-refractivity contribution is 7.90. The van der Waals surface area contributed by atoms with E-state index in [0.29, 0.717) is 17.5 Å². The van der Waals surface area contributed by atoms with Gasteiger partial charge in [-0.15, -0.1) is 0 Å². The van der Waals surface area contributed by atoms with Crippen molar-refractivity contribution in [2.24, 2.45) is 4.99 Å². The molecule has 0 aliphatic carbocycles. The van der Waals surface area contributed by atoms with Crippen molar-refractivity contribution in [3.8, 4) is 0 Å². The van der Waals surface area contributed by atoms with Gasteiger partial charge in [-0.25, -0.2) is 8.42 Å². The Kier molecular flexibility index (Phi) is 7.22. The first-order valence-corrected chi connectivity index (χ1v) is 11.8. The van der Waals surface area contributed by atoms with E-state index in [1.165, 1.54) is 6.07 Å². The van der Waals surface area contributed by atoms with Gasteiger partial charge in [0.1, 0.15) is 5.84 Å². The van der Waals surface area contributed by atoms with Gasteiger partial charge in [-0.05, 0) is 48.6 Å². The lowest BCUT2D eigenvalue weighted by Crippen LogP contribution is -2.22. The van der Waals surface area contributed by atoms with Crippen LogP contribution < -0.4 is 4.72 Å². The topological polar surface area (TPSA) is 102 Å². The average molecular weight is 443 g/mol. The minimum atomic E-state index is -3.57. The number of aryl methyl sites for hydroxylation is 2. The molecule has 0 saturated carbocycles. The van der Waals surface area contributed by atoms with Gasteiger partial charge >= 0.3 is 5.97 Å². The van der Waals surface area contributed by atoms with Crippen molar-refractivity contribution in [1.82, 2.24) is 4.72 Å². The number of aliphatic imine (C=N–C) groups is 1. The quantitative estimate of drug-likeness (QED) is 0.365. The maximum Gasteiger partial charge on any atom is 0.306 e. The standard InChI is InChI=1S/C23H26N2O5S/c1-3-16-11-12-17(4-2)19(14-16)20(26)15-30-22(27)10-7-13-24-23-18-8-5-6-9-21(18)31(28,29)25-23/h5-6,8-9,11-12,14H,3-4,7,10,13,15H2,1-2H3,(H,24,25). The van der Waals surface area contributed by atoms with Gasteiger partial charge in [0.15, 0.2) is 6.61 Å². The summed E-state index contributed by atoms with van der Waals surface area (Å²) >= 11 is 0. The SMILES string of the molecule is CCc1ccc(CC)c(C(=O)COC(=O)CCCN=C2NS(=O)(=O)c3ccccc32)c1. The second-order valence-corrected chi connectivity index (χ2v) is 8.87. The molecule has 0 fully saturated rings. The van der Waals surface area contributed by atoms with E-state index in [4.69, 9.17) is 4.74 Å². The maximum atomic E-state index is 12.5. The van der Waals surface area contributed by atoms with E-state index in [0.717, 1.165) is 24.0 Å². The number of benzene rings is 2. The van der Waals surface area contributed by atoms with E-state index in [-0.39, 0.29) is 36.1 Å². The molecule has 0 unspecified atom stereocenters. The van der Waals surface area contributed by atoms with Crippen LogP contribution in [0, 0.1) is 0 Å². The molecule has 2 aromatic rings. The van der Waals surface area contributed by atoms with Gasteiger partial charge in [-0.1, -0.05) is 38.1 Å². The van der Waals surface area contributed by atoms with Crippen LogP contribution in [0.25, 0.3) is 0 Å². The van der Waals surface area contributed by atoms with E-state index >= 15 is 0 Å². The van der Waals surface area contributed by atoms with Crippen LogP contribution in [-0.4, -0.2) is 39.2 Å². The molecule has 0 radical (unpaired) electrons. The molecule has 2 aromatic carbocycles. The molecule has 1 aliphatic rings. The number of esters is 1.